The van der Waals surface area contributed by atoms with Gasteiger partial charge in [0.1, 0.15) is 6.23 Å². The molecule has 0 radical (unpaired) electrons. The molecule has 0 bridgehead atoms. The molecule has 15 heavy (non-hydrogen) atoms. The fourth-order valence-corrected chi connectivity index (χ4v) is 1.50. The predicted molar refractivity (Wildman–Crippen MR) is 64.9 cm³/mol. The van der Waals surface area contributed by atoms with E-state index >= 15 is 0 Å². The number of benzene rings is 1. The number of nitrogens with zero attached hydrogens (tertiary/aromatic N) is 1. The van der Waals surface area contributed by atoms with Crippen molar-refractivity contribution in [3.63, 3.8) is 0 Å². The topological polar surface area (TPSA) is 49.5 Å². The summed E-state index contributed by atoms with van der Waals surface area (Å²) < 4.78 is 0. The standard InChI is InChI=1S/C12H20N2O/c1-4-5-12(15)14(3)10-6-7-11(13)9(2)8-10/h6-8,12,15H,4-5,13H2,1-3H3. The Balaban J connectivity index is 2.81. The van der Waals surface area contributed by atoms with Crippen molar-refractivity contribution in [1.82, 2.24) is 0 Å². The first-order valence-corrected chi connectivity index (χ1v) is 5.33. The predicted octanol–water partition coefficient (Wildman–Crippen LogP) is 2.13. The maximum absolute atomic E-state index is 9.83. The molecule has 1 aromatic carbocycles. The first-order chi connectivity index (χ1) is 7.06. The van der Waals surface area contributed by atoms with Crippen molar-refractivity contribution in [1.29, 1.82) is 0 Å². The lowest BCUT2D eigenvalue weighted by Gasteiger charge is -2.25. The Morgan fingerprint density at radius 3 is 2.67 bits per heavy atom. The molecule has 0 fully saturated rings. The van der Waals surface area contributed by atoms with Gasteiger partial charge in [0, 0.05) is 18.4 Å². The summed E-state index contributed by atoms with van der Waals surface area (Å²) in [7, 11) is 1.89. The number of anilines is 2. The average Bonchev–Trinajstić information content (AvgIpc) is 2.21. The van der Waals surface area contributed by atoms with Crippen LogP contribution in [-0.4, -0.2) is 18.4 Å². The molecule has 1 aromatic rings. The van der Waals surface area contributed by atoms with Crippen LogP contribution >= 0.6 is 0 Å². The van der Waals surface area contributed by atoms with E-state index in [9.17, 15) is 5.11 Å². The van der Waals surface area contributed by atoms with E-state index in [0.717, 1.165) is 29.8 Å². The van der Waals surface area contributed by atoms with Gasteiger partial charge >= 0.3 is 0 Å². The molecule has 0 amide bonds. The van der Waals surface area contributed by atoms with Crippen molar-refractivity contribution in [3.05, 3.63) is 23.8 Å². The van der Waals surface area contributed by atoms with Crippen LogP contribution in [0.25, 0.3) is 0 Å². The van der Waals surface area contributed by atoms with Crippen LogP contribution in [0, 0.1) is 6.92 Å². The van der Waals surface area contributed by atoms with Crippen LogP contribution in [0.3, 0.4) is 0 Å². The fourth-order valence-electron chi connectivity index (χ4n) is 1.50. The van der Waals surface area contributed by atoms with Gasteiger partial charge in [0.2, 0.25) is 0 Å². The zero-order valence-corrected chi connectivity index (χ0v) is 9.70. The minimum Gasteiger partial charge on any atom is -0.399 e. The third-order valence-electron chi connectivity index (χ3n) is 2.65. The lowest BCUT2D eigenvalue weighted by Crippen LogP contribution is -2.31. The third-order valence-corrected chi connectivity index (χ3v) is 2.65. The van der Waals surface area contributed by atoms with Crippen LogP contribution in [0.5, 0.6) is 0 Å². The summed E-state index contributed by atoms with van der Waals surface area (Å²) in [6.07, 6.45) is 1.33. The van der Waals surface area contributed by atoms with E-state index in [2.05, 4.69) is 6.92 Å². The van der Waals surface area contributed by atoms with Gasteiger partial charge in [-0.3, -0.25) is 0 Å². The molecule has 3 nitrogen and oxygen atoms in total. The SMILES string of the molecule is CCCC(O)N(C)c1ccc(N)c(C)c1. The monoisotopic (exact) mass is 208 g/mol. The number of hydrogen-bond donors (Lipinski definition) is 2. The van der Waals surface area contributed by atoms with Crippen molar-refractivity contribution < 1.29 is 5.11 Å². The summed E-state index contributed by atoms with van der Waals surface area (Å²) in [5.74, 6) is 0. The molecule has 0 saturated heterocycles. The van der Waals surface area contributed by atoms with Crippen molar-refractivity contribution in [2.75, 3.05) is 17.7 Å². The molecule has 0 heterocycles. The molecule has 84 valence electrons. The quantitative estimate of drug-likeness (QED) is 0.588. The van der Waals surface area contributed by atoms with Gasteiger partial charge in [-0.2, -0.15) is 0 Å². The minimum absolute atomic E-state index is 0.418. The Morgan fingerprint density at radius 2 is 2.13 bits per heavy atom. The van der Waals surface area contributed by atoms with Crippen molar-refractivity contribution in [2.45, 2.75) is 32.9 Å². The largest absolute Gasteiger partial charge is 0.399 e. The van der Waals surface area contributed by atoms with Crippen molar-refractivity contribution in [2.24, 2.45) is 0 Å². The Bertz CT molecular complexity index is 325. The number of nitrogens with two attached hydrogens (primary N) is 1. The Labute approximate surface area is 91.5 Å². The van der Waals surface area contributed by atoms with E-state index in [-0.39, 0.29) is 0 Å². The highest BCUT2D eigenvalue weighted by Gasteiger charge is 2.10. The van der Waals surface area contributed by atoms with E-state index in [1.54, 1.807) is 0 Å². The number of hydrogen-bond acceptors (Lipinski definition) is 3. The van der Waals surface area contributed by atoms with Gasteiger partial charge in [-0.25, -0.2) is 0 Å². The van der Waals surface area contributed by atoms with Crippen LogP contribution in [-0.2, 0) is 0 Å². The molecule has 1 unspecified atom stereocenters. The third kappa shape index (κ3) is 2.86. The second kappa shape index (κ2) is 5.03. The molecule has 0 spiro atoms. The van der Waals surface area contributed by atoms with Gasteiger partial charge in [-0.1, -0.05) is 13.3 Å². The molecular formula is C12H20N2O. The van der Waals surface area contributed by atoms with E-state index in [1.165, 1.54) is 0 Å². The van der Waals surface area contributed by atoms with Gasteiger partial charge < -0.3 is 15.7 Å². The summed E-state index contributed by atoms with van der Waals surface area (Å²) in [5, 5.41) is 9.83. The number of aryl methyl sites for hydroxylation is 1. The lowest BCUT2D eigenvalue weighted by molar-refractivity contribution is 0.164. The summed E-state index contributed by atoms with van der Waals surface area (Å²) in [6, 6.07) is 5.80. The molecule has 1 atom stereocenters. The number of aliphatic hydroxyl groups is 1. The molecule has 1 rings (SSSR count). The second-order valence-corrected chi connectivity index (χ2v) is 3.92. The van der Waals surface area contributed by atoms with Gasteiger partial charge in [-0.15, -0.1) is 0 Å². The van der Waals surface area contributed by atoms with Crippen LogP contribution in [0.4, 0.5) is 11.4 Å². The molecular weight excluding hydrogens is 188 g/mol. The molecule has 0 saturated carbocycles. The maximum Gasteiger partial charge on any atom is 0.126 e. The number of nitrogen functional groups attached to an aromatic ring is 1. The van der Waals surface area contributed by atoms with Gasteiger partial charge in [-0.05, 0) is 37.1 Å². The normalized spacial score (nSPS) is 12.5. The Morgan fingerprint density at radius 1 is 1.47 bits per heavy atom. The summed E-state index contributed by atoms with van der Waals surface area (Å²) >= 11 is 0. The van der Waals surface area contributed by atoms with E-state index in [0.29, 0.717) is 0 Å². The molecule has 0 aliphatic rings. The molecule has 0 aromatic heterocycles. The fraction of sp³-hybridized carbons (Fsp3) is 0.500. The van der Waals surface area contributed by atoms with Crippen LogP contribution < -0.4 is 10.6 Å². The van der Waals surface area contributed by atoms with Gasteiger partial charge in [0.15, 0.2) is 0 Å². The van der Waals surface area contributed by atoms with Crippen LogP contribution in [0.2, 0.25) is 0 Å². The Hall–Kier alpha value is -1.22. The van der Waals surface area contributed by atoms with E-state index in [1.807, 2.05) is 37.1 Å². The van der Waals surface area contributed by atoms with Gasteiger partial charge in [0.05, 0.1) is 0 Å². The van der Waals surface area contributed by atoms with E-state index in [4.69, 9.17) is 5.73 Å². The van der Waals surface area contributed by atoms with Crippen LogP contribution in [0.1, 0.15) is 25.3 Å². The summed E-state index contributed by atoms with van der Waals surface area (Å²) in [5.41, 5.74) is 8.58. The molecule has 3 N–H and O–H groups in total. The average molecular weight is 208 g/mol. The number of rotatable bonds is 4. The van der Waals surface area contributed by atoms with Gasteiger partial charge in [0.25, 0.3) is 0 Å². The molecule has 0 aliphatic carbocycles. The highest BCUT2D eigenvalue weighted by atomic mass is 16.3. The minimum atomic E-state index is -0.418. The zero-order chi connectivity index (χ0) is 11.4. The highest BCUT2D eigenvalue weighted by Crippen LogP contribution is 2.21. The first-order valence-electron chi connectivity index (χ1n) is 5.33. The van der Waals surface area contributed by atoms with Crippen molar-refractivity contribution >= 4 is 11.4 Å². The molecule has 3 heteroatoms. The van der Waals surface area contributed by atoms with Crippen molar-refractivity contribution in [3.8, 4) is 0 Å². The van der Waals surface area contributed by atoms with E-state index < -0.39 is 6.23 Å². The number of aliphatic hydroxyl groups excluding tert-OH is 1. The van der Waals surface area contributed by atoms with Crippen LogP contribution in [0.15, 0.2) is 18.2 Å². The summed E-state index contributed by atoms with van der Waals surface area (Å²) in [6.45, 7) is 4.03. The lowest BCUT2D eigenvalue weighted by atomic mass is 10.1. The second-order valence-electron chi connectivity index (χ2n) is 3.92. The zero-order valence-electron chi connectivity index (χ0n) is 9.70. The maximum atomic E-state index is 9.83. The summed E-state index contributed by atoms with van der Waals surface area (Å²) in [4.78, 5) is 1.87. The smallest absolute Gasteiger partial charge is 0.126 e. The molecule has 0 aliphatic heterocycles. The first kappa shape index (κ1) is 11.9. The Kier molecular flexibility index (Phi) is 3.97. The highest BCUT2D eigenvalue weighted by molar-refractivity contribution is 5.57.